The lowest BCUT2D eigenvalue weighted by Gasteiger charge is -2.27. The molecule has 0 bridgehead atoms. The van der Waals surface area contributed by atoms with Crippen LogP contribution in [0.4, 0.5) is 36.4 Å². The van der Waals surface area contributed by atoms with Crippen molar-refractivity contribution in [2.24, 2.45) is 0 Å². The molecule has 1 unspecified atom stereocenters. The second-order valence-electron chi connectivity index (χ2n) is 4.39. The van der Waals surface area contributed by atoms with Crippen molar-refractivity contribution in [2.45, 2.75) is 27.1 Å². The Kier molecular flexibility index (Phi) is 4.43. The SMILES string of the molecule is O=C1CS(=O)c2ccc(SC(F)(F)C(F)(F)C(F)(F)F)cc2N1. The van der Waals surface area contributed by atoms with Gasteiger partial charge in [0.05, 0.1) is 21.4 Å². The first-order chi connectivity index (χ1) is 10.3. The van der Waals surface area contributed by atoms with E-state index in [1.54, 1.807) is 0 Å². The van der Waals surface area contributed by atoms with E-state index in [4.69, 9.17) is 0 Å². The number of alkyl halides is 7. The van der Waals surface area contributed by atoms with E-state index in [0.717, 1.165) is 18.2 Å². The summed E-state index contributed by atoms with van der Waals surface area (Å²) < 4.78 is 100. The number of anilines is 1. The highest BCUT2D eigenvalue weighted by molar-refractivity contribution is 8.00. The molecule has 2 rings (SSSR count). The first-order valence-electron chi connectivity index (χ1n) is 5.69. The van der Waals surface area contributed by atoms with Crippen molar-refractivity contribution in [1.29, 1.82) is 0 Å². The zero-order valence-electron chi connectivity index (χ0n) is 10.7. The smallest absolute Gasteiger partial charge is 0.324 e. The average molecular weight is 381 g/mol. The number of benzene rings is 1. The van der Waals surface area contributed by atoms with Crippen LogP contribution in [0.25, 0.3) is 0 Å². The minimum atomic E-state index is -6.42. The molecule has 0 radical (unpaired) electrons. The van der Waals surface area contributed by atoms with E-state index in [1.807, 2.05) is 0 Å². The molecular weight excluding hydrogens is 375 g/mol. The highest BCUT2D eigenvalue weighted by Gasteiger charge is 2.73. The van der Waals surface area contributed by atoms with Crippen molar-refractivity contribution in [3.63, 3.8) is 0 Å². The third kappa shape index (κ3) is 3.32. The lowest BCUT2D eigenvalue weighted by atomic mass is 10.3. The molecule has 12 heteroatoms. The van der Waals surface area contributed by atoms with Crippen molar-refractivity contribution in [3.8, 4) is 0 Å². The maximum atomic E-state index is 13.3. The van der Waals surface area contributed by atoms with Crippen LogP contribution in [0.15, 0.2) is 28.0 Å². The first kappa shape index (κ1) is 18.0. The van der Waals surface area contributed by atoms with Gasteiger partial charge in [-0.3, -0.25) is 9.00 Å². The van der Waals surface area contributed by atoms with Gasteiger partial charge in [0, 0.05) is 4.90 Å². The van der Waals surface area contributed by atoms with Gasteiger partial charge in [0.25, 0.3) is 0 Å². The van der Waals surface area contributed by atoms with Crippen LogP contribution in [0.5, 0.6) is 0 Å². The molecule has 1 heterocycles. The molecule has 0 saturated carbocycles. The van der Waals surface area contributed by atoms with Gasteiger partial charge in [-0.2, -0.15) is 30.7 Å². The maximum Gasteiger partial charge on any atom is 0.460 e. The van der Waals surface area contributed by atoms with E-state index in [2.05, 4.69) is 5.32 Å². The topological polar surface area (TPSA) is 46.2 Å². The predicted molar refractivity (Wildman–Crippen MR) is 68.2 cm³/mol. The summed E-state index contributed by atoms with van der Waals surface area (Å²) >= 11 is -0.999. The Morgan fingerprint density at radius 3 is 2.26 bits per heavy atom. The molecule has 1 aromatic carbocycles. The van der Waals surface area contributed by atoms with Crippen LogP contribution in [-0.2, 0) is 15.6 Å². The second kappa shape index (κ2) is 5.65. The Bertz CT molecular complexity index is 675. The van der Waals surface area contributed by atoms with Crippen LogP contribution in [0.3, 0.4) is 0 Å². The normalized spacial score (nSPS) is 19.3. The Labute approximate surface area is 131 Å². The first-order valence-corrected chi connectivity index (χ1v) is 7.82. The van der Waals surface area contributed by atoms with Crippen LogP contribution in [0, 0.1) is 0 Å². The molecule has 1 aliphatic rings. The third-order valence-corrected chi connectivity index (χ3v) is 5.07. The van der Waals surface area contributed by atoms with E-state index in [-0.39, 0.29) is 16.3 Å². The molecule has 128 valence electrons. The molecular formula is C11H6F7NO2S2. The van der Waals surface area contributed by atoms with Crippen LogP contribution in [0.2, 0.25) is 0 Å². The quantitative estimate of drug-likeness (QED) is 0.643. The third-order valence-electron chi connectivity index (χ3n) is 2.70. The Balaban J connectivity index is 2.33. The molecule has 1 amide bonds. The highest BCUT2D eigenvalue weighted by atomic mass is 32.2. The number of hydrogen-bond acceptors (Lipinski definition) is 3. The Hall–Kier alpha value is -1.30. The molecule has 1 N–H and O–H groups in total. The second-order valence-corrected chi connectivity index (χ2v) is 6.99. The Morgan fingerprint density at radius 2 is 1.70 bits per heavy atom. The van der Waals surface area contributed by atoms with Crippen molar-refractivity contribution in [1.82, 2.24) is 0 Å². The van der Waals surface area contributed by atoms with Gasteiger partial charge in [-0.05, 0) is 30.0 Å². The van der Waals surface area contributed by atoms with Gasteiger partial charge in [-0.15, -0.1) is 0 Å². The molecule has 0 fully saturated rings. The van der Waals surface area contributed by atoms with E-state index >= 15 is 0 Å². The summed E-state index contributed by atoms with van der Waals surface area (Å²) in [5.74, 6) is -7.29. The summed E-state index contributed by atoms with van der Waals surface area (Å²) in [7, 11) is -1.74. The fourth-order valence-corrected chi connectivity index (χ4v) is 3.52. The van der Waals surface area contributed by atoms with Gasteiger partial charge in [-0.1, -0.05) is 0 Å². The van der Waals surface area contributed by atoms with Gasteiger partial charge in [0.15, 0.2) is 0 Å². The summed E-state index contributed by atoms with van der Waals surface area (Å²) in [6.45, 7) is 0. The minimum absolute atomic E-state index is 0.0693. The standard InChI is InChI=1S/C11H6F7NO2S2/c12-9(13,10(14,15)16)11(17,18)22-5-1-2-7-6(3-5)19-8(20)4-23(7)21/h1-3H,4H2,(H,19,20). The number of rotatable bonds is 3. The van der Waals surface area contributed by atoms with Gasteiger partial charge in [0.1, 0.15) is 5.75 Å². The monoisotopic (exact) mass is 381 g/mol. The molecule has 3 nitrogen and oxygen atoms in total. The molecule has 0 spiro atoms. The van der Waals surface area contributed by atoms with Gasteiger partial charge < -0.3 is 5.32 Å². The molecule has 1 atom stereocenters. The van der Waals surface area contributed by atoms with Gasteiger partial charge >= 0.3 is 17.4 Å². The lowest BCUT2D eigenvalue weighted by molar-refractivity contribution is -0.330. The average Bonchev–Trinajstić information content (AvgIpc) is 2.35. The predicted octanol–water partition coefficient (Wildman–Crippen LogP) is 3.63. The van der Waals surface area contributed by atoms with E-state index in [0.29, 0.717) is 0 Å². The minimum Gasteiger partial charge on any atom is -0.324 e. The fourth-order valence-electron chi connectivity index (χ4n) is 1.63. The summed E-state index contributed by atoms with van der Waals surface area (Å²) in [5.41, 5.74) is -0.171. The number of hydrogen-bond donors (Lipinski definition) is 1. The molecule has 1 aliphatic heterocycles. The highest BCUT2D eigenvalue weighted by Crippen LogP contribution is 2.54. The number of amides is 1. The van der Waals surface area contributed by atoms with Gasteiger partial charge in [0.2, 0.25) is 5.91 Å². The van der Waals surface area contributed by atoms with Gasteiger partial charge in [-0.25, -0.2) is 0 Å². The van der Waals surface area contributed by atoms with Crippen LogP contribution in [-0.4, -0.2) is 33.2 Å². The Morgan fingerprint density at radius 1 is 1.09 bits per heavy atom. The number of nitrogens with one attached hydrogen (secondary N) is 1. The molecule has 0 aromatic heterocycles. The van der Waals surface area contributed by atoms with Crippen LogP contribution in [0.1, 0.15) is 0 Å². The lowest BCUT2D eigenvalue weighted by Crippen LogP contribution is -2.49. The number of fused-ring (bicyclic) bond motifs is 1. The number of thioether (sulfide) groups is 1. The van der Waals surface area contributed by atoms with E-state index in [1.165, 1.54) is 0 Å². The summed E-state index contributed by atoms with van der Waals surface area (Å²) in [5, 5.41) is -3.28. The van der Waals surface area contributed by atoms with E-state index in [9.17, 15) is 39.7 Å². The van der Waals surface area contributed by atoms with Crippen molar-refractivity contribution >= 4 is 34.2 Å². The van der Waals surface area contributed by atoms with Crippen molar-refractivity contribution < 1.29 is 39.7 Å². The molecule has 0 saturated heterocycles. The number of carbonyl (C=O) groups excluding carboxylic acids is 1. The van der Waals surface area contributed by atoms with Crippen molar-refractivity contribution in [3.05, 3.63) is 18.2 Å². The zero-order valence-corrected chi connectivity index (χ0v) is 12.4. The number of halogens is 7. The zero-order chi connectivity index (χ0) is 17.6. The molecule has 1 aromatic rings. The van der Waals surface area contributed by atoms with Crippen molar-refractivity contribution in [2.75, 3.05) is 11.1 Å². The fraction of sp³-hybridized carbons (Fsp3) is 0.364. The number of carbonyl (C=O) groups is 1. The van der Waals surface area contributed by atoms with Crippen LogP contribution >= 0.6 is 11.8 Å². The molecule has 23 heavy (non-hydrogen) atoms. The maximum absolute atomic E-state index is 13.3. The molecule has 0 aliphatic carbocycles. The van der Waals surface area contributed by atoms with Crippen LogP contribution < -0.4 is 5.32 Å². The summed E-state index contributed by atoms with van der Waals surface area (Å²) in [4.78, 5) is 10.6. The summed E-state index contributed by atoms with van der Waals surface area (Å²) in [6, 6.07) is 2.63. The van der Waals surface area contributed by atoms with E-state index < -0.39 is 50.7 Å². The largest absolute Gasteiger partial charge is 0.460 e. The summed E-state index contributed by atoms with van der Waals surface area (Å²) in [6.07, 6.45) is -6.42.